The molecule has 2 aromatic carbocycles. The van der Waals surface area contributed by atoms with E-state index in [1.807, 2.05) is 30.3 Å². The highest BCUT2D eigenvalue weighted by Crippen LogP contribution is 2.37. The average Bonchev–Trinajstić information content (AvgIpc) is 3.08. The van der Waals surface area contributed by atoms with Gasteiger partial charge in [0, 0.05) is 34.8 Å². The average molecular weight is 375 g/mol. The van der Waals surface area contributed by atoms with E-state index in [-0.39, 0.29) is 0 Å². The molecule has 0 saturated heterocycles. The molecule has 0 atom stereocenters. The molecule has 4 N–H and O–H groups in total. The number of hydrogen-bond donors (Lipinski definition) is 3. The summed E-state index contributed by atoms with van der Waals surface area (Å²) in [6.45, 7) is -0.486. The first-order valence-electron chi connectivity index (χ1n) is 8.65. The molecule has 0 fully saturated rings. The monoisotopic (exact) mass is 375 g/mol. The van der Waals surface area contributed by atoms with Gasteiger partial charge >= 0.3 is 5.97 Å². The Morgan fingerprint density at radius 1 is 1.07 bits per heavy atom. The smallest absolute Gasteiger partial charge is 0.341 e. The number of carboxylic acids is 1. The van der Waals surface area contributed by atoms with Crippen molar-refractivity contribution in [3.05, 3.63) is 71.5 Å². The minimum Gasteiger partial charge on any atom is -0.481 e. The lowest BCUT2D eigenvalue weighted by molar-refractivity contribution is -0.139. The Hall–Kier alpha value is -3.87. The molecule has 0 bridgehead atoms. The summed E-state index contributed by atoms with van der Waals surface area (Å²) in [5.74, 6) is -1.27. The van der Waals surface area contributed by atoms with E-state index in [0.29, 0.717) is 28.5 Å². The summed E-state index contributed by atoms with van der Waals surface area (Å²) >= 11 is 0. The van der Waals surface area contributed by atoms with Crippen molar-refractivity contribution in [3.8, 4) is 5.75 Å². The summed E-state index contributed by atoms with van der Waals surface area (Å²) < 4.78 is 5.50. The number of H-pyrrole nitrogens is 1. The molecule has 2 heterocycles. The van der Waals surface area contributed by atoms with E-state index >= 15 is 0 Å². The van der Waals surface area contributed by atoms with Crippen LogP contribution in [0, 0.1) is 0 Å². The Morgan fingerprint density at radius 2 is 1.93 bits per heavy atom. The van der Waals surface area contributed by atoms with Crippen LogP contribution < -0.4 is 10.5 Å². The molecule has 0 aliphatic heterocycles. The number of rotatable bonds is 6. The number of amides is 1. The number of carboxylic acid groups (broad SMARTS) is 1. The molecule has 4 aromatic rings. The van der Waals surface area contributed by atoms with Gasteiger partial charge in [0.25, 0.3) is 0 Å². The number of fused-ring (bicyclic) bond motifs is 3. The molecule has 0 aliphatic carbocycles. The van der Waals surface area contributed by atoms with Gasteiger partial charge in [0.05, 0.1) is 10.9 Å². The number of aromatic amines is 1. The first-order valence-corrected chi connectivity index (χ1v) is 8.65. The number of ether oxygens (including phenoxy) is 1. The van der Waals surface area contributed by atoms with Gasteiger partial charge in [-0.3, -0.25) is 9.78 Å². The van der Waals surface area contributed by atoms with E-state index in [2.05, 4.69) is 9.97 Å². The minimum atomic E-state index is -1.08. The minimum absolute atomic E-state index is 0.346. The zero-order valence-electron chi connectivity index (χ0n) is 14.8. The topological polar surface area (TPSA) is 118 Å². The van der Waals surface area contributed by atoms with Gasteiger partial charge in [-0.15, -0.1) is 0 Å². The second-order valence-corrected chi connectivity index (χ2v) is 6.37. The molecule has 4 rings (SSSR count). The first-order chi connectivity index (χ1) is 13.5. The number of benzene rings is 2. The zero-order chi connectivity index (χ0) is 19.7. The SMILES string of the molecule is NC(=O)c1cccc2[nH]c3c(Cc4ccccn4)ccc(OCC(=O)O)c3c12. The molecule has 0 unspecified atom stereocenters. The van der Waals surface area contributed by atoms with E-state index in [4.69, 9.17) is 15.6 Å². The maximum absolute atomic E-state index is 12.0. The van der Waals surface area contributed by atoms with Crippen LogP contribution >= 0.6 is 0 Å². The van der Waals surface area contributed by atoms with Crippen LogP contribution in [0.1, 0.15) is 21.6 Å². The molecule has 28 heavy (non-hydrogen) atoms. The Kier molecular flexibility index (Phi) is 4.41. The van der Waals surface area contributed by atoms with Crippen LogP contribution in [0.5, 0.6) is 5.75 Å². The number of aromatic nitrogens is 2. The molecule has 0 aliphatic rings. The summed E-state index contributed by atoms with van der Waals surface area (Å²) in [6, 6.07) is 14.5. The third-order valence-corrected chi connectivity index (χ3v) is 4.54. The number of nitrogens with one attached hydrogen (secondary N) is 1. The van der Waals surface area contributed by atoms with Crippen molar-refractivity contribution in [2.45, 2.75) is 6.42 Å². The third-order valence-electron chi connectivity index (χ3n) is 4.54. The van der Waals surface area contributed by atoms with Gasteiger partial charge in [-0.05, 0) is 35.9 Å². The molecule has 0 saturated carbocycles. The van der Waals surface area contributed by atoms with Crippen LogP contribution in [-0.4, -0.2) is 33.6 Å². The molecule has 2 aromatic heterocycles. The number of hydrogen-bond acceptors (Lipinski definition) is 4. The predicted molar refractivity (Wildman–Crippen MR) is 104 cm³/mol. The van der Waals surface area contributed by atoms with Crippen LogP contribution in [0.25, 0.3) is 21.8 Å². The van der Waals surface area contributed by atoms with E-state index in [1.165, 1.54) is 0 Å². The van der Waals surface area contributed by atoms with Gasteiger partial charge in [-0.25, -0.2) is 4.79 Å². The quantitative estimate of drug-likeness (QED) is 0.479. The second-order valence-electron chi connectivity index (χ2n) is 6.37. The molecule has 1 amide bonds. The lowest BCUT2D eigenvalue weighted by Gasteiger charge is -2.10. The number of aliphatic carboxylic acids is 1. The van der Waals surface area contributed by atoms with Crippen molar-refractivity contribution in [2.24, 2.45) is 5.73 Å². The van der Waals surface area contributed by atoms with Crippen molar-refractivity contribution >= 4 is 33.7 Å². The molecule has 7 heteroatoms. The number of carbonyl (C=O) groups is 2. The molecule has 0 radical (unpaired) electrons. The van der Waals surface area contributed by atoms with Gasteiger partial charge in [0.2, 0.25) is 5.91 Å². The summed E-state index contributed by atoms with van der Waals surface area (Å²) in [5.41, 5.74) is 9.23. The van der Waals surface area contributed by atoms with Gasteiger partial charge in [0.1, 0.15) is 5.75 Å². The molecule has 140 valence electrons. The van der Waals surface area contributed by atoms with Gasteiger partial charge in [-0.2, -0.15) is 0 Å². The largest absolute Gasteiger partial charge is 0.481 e. The highest BCUT2D eigenvalue weighted by Gasteiger charge is 2.19. The standard InChI is InChI=1S/C21H17N3O4/c22-21(27)14-5-3-6-15-18(14)19-16(28-11-17(25)26)8-7-12(20(19)24-15)10-13-4-1-2-9-23-13/h1-9,24H,10-11H2,(H2,22,27)(H,25,26). The third kappa shape index (κ3) is 3.14. The summed E-state index contributed by atoms with van der Waals surface area (Å²) in [6.07, 6.45) is 2.29. The Balaban J connectivity index is 1.97. The highest BCUT2D eigenvalue weighted by molar-refractivity contribution is 6.19. The zero-order valence-corrected chi connectivity index (χ0v) is 14.8. The maximum Gasteiger partial charge on any atom is 0.341 e. The lowest BCUT2D eigenvalue weighted by Crippen LogP contribution is -2.11. The van der Waals surface area contributed by atoms with Crippen molar-refractivity contribution in [1.29, 1.82) is 0 Å². The van der Waals surface area contributed by atoms with E-state index < -0.39 is 18.5 Å². The van der Waals surface area contributed by atoms with Crippen LogP contribution in [-0.2, 0) is 11.2 Å². The van der Waals surface area contributed by atoms with E-state index in [0.717, 1.165) is 22.3 Å². The number of nitrogens with two attached hydrogens (primary N) is 1. The molecule has 0 spiro atoms. The fourth-order valence-corrected chi connectivity index (χ4v) is 3.39. The van der Waals surface area contributed by atoms with Gasteiger partial charge in [-0.1, -0.05) is 18.2 Å². The molecular weight excluding hydrogens is 358 g/mol. The van der Waals surface area contributed by atoms with E-state index in [9.17, 15) is 9.59 Å². The number of carbonyl (C=O) groups excluding carboxylic acids is 1. The Labute approximate surface area is 159 Å². The van der Waals surface area contributed by atoms with Crippen LogP contribution in [0.3, 0.4) is 0 Å². The summed E-state index contributed by atoms with van der Waals surface area (Å²) in [7, 11) is 0. The number of primary amides is 1. The predicted octanol–water partition coefficient (Wildman–Crippen LogP) is 2.87. The van der Waals surface area contributed by atoms with Gasteiger partial charge in [0.15, 0.2) is 6.61 Å². The van der Waals surface area contributed by atoms with Crippen molar-refractivity contribution < 1.29 is 19.4 Å². The van der Waals surface area contributed by atoms with Gasteiger partial charge < -0.3 is 20.6 Å². The Bertz CT molecular complexity index is 1200. The maximum atomic E-state index is 12.0. The van der Waals surface area contributed by atoms with Crippen LogP contribution in [0.15, 0.2) is 54.7 Å². The molecule has 7 nitrogen and oxygen atoms in total. The lowest BCUT2D eigenvalue weighted by atomic mass is 10.0. The van der Waals surface area contributed by atoms with Crippen molar-refractivity contribution in [3.63, 3.8) is 0 Å². The molecular formula is C21H17N3O4. The second kappa shape index (κ2) is 7.03. The fraction of sp³-hybridized carbons (Fsp3) is 0.0952. The Morgan fingerprint density at radius 3 is 2.64 bits per heavy atom. The van der Waals surface area contributed by atoms with Crippen molar-refractivity contribution in [1.82, 2.24) is 9.97 Å². The normalized spacial score (nSPS) is 11.0. The van der Waals surface area contributed by atoms with E-state index in [1.54, 1.807) is 24.4 Å². The fourth-order valence-electron chi connectivity index (χ4n) is 3.39. The highest BCUT2D eigenvalue weighted by atomic mass is 16.5. The van der Waals surface area contributed by atoms with Crippen LogP contribution in [0.2, 0.25) is 0 Å². The van der Waals surface area contributed by atoms with Crippen LogP contribution in [0.4, 0.5) is 0 Å². The van der Waals surface area contributed by atoms with Crippen molar-refractivity contribution in [2.75, 3.05) is 6.61 Å². The summed E-state index contributed by atoms with van der Waals surface area (Å²) in [4.78, 5) is 30.6. The number of pyridine rings is 1. The summed E-state index contributed by atoms with van der Waals surface area (Å²) in [5, 5.41) is 10.2. The first kappa shape index (κ1) is 17.5. The number of nitrogens with zero attached hydrogens (tertiary/aromatic N) is 1.